The summed E-state index contributed by atoms with van der Waals surface area (Å²) in [6, 6.07) is 13.0. The summed E-state index contributed by atoms with van der Waals surface area (Å²) in [6.45, 7) is 1.49. The Morgan fingerprint density at radius 3 is 2.68 bits per heavy atom. The molecule has 0 spiro atoms. The summed E-state index contributed by atoms with van der Waals surface area (Å²) >= 11 is 0. The highest BCUT2D eigenvalue weighted by Gasteiger charge is 2.10. The lowest BCUT2D eigenvalue weighted by Crippen LogP contribution is -2.16. The Balaban J connectivity index is 1.55. The Morgan fingerprint density at radius 1 is 1.14 bits per heavy atom. The molecule has 0 unspecified atom stereocenters. The van der Waals surface area contributed by atoms with Crippen molar-refractivity contribution in [2.75, 3.05) is 17.7 Å². The lowest BCUT2D eigenvalue weighted by molar-refractivity contribution is -0.147. The van der Waals surface area contributed by atoms with Crippen molar-refractivity contribution in [3.05, 3.63) is 65.7 Å². The van der Waals surface area contributed by atoms with Gasteiger partial charge in [0.1, 0.15) is 11.6 Å². The maximum absolute atomic E-state index is 13.0. The van der Waals surface area contributed by atoms with Crippen LogP contribution in [0.5, 0.6) is 5.75 Å². The zero-order valence-corrected chi connectivity index (χ0v) is 15.1. The largest absolute Gasteiger partial charge is 0.482 e. The SMILES string of the molecule is Cc1cccc(OCC(=O)OCc2nc(N)nc(Nc3ccc(F)cc3)n2)c1. The number of nitrogen functional groups attached to an aromatic ring is 1. The number of aryl methyl sites for hydroxylation is 1. The first-order chi connectivity index (χ1) is 13.5. The molecule has 0 radical (unpaired) electrons. The van der Waals surface area contributed by atoms with Crippen molar-refractivity contribution in [3.63, 3.8) is 0 Å². The van der Waals surface area contributed by atoms with E-state index in [9.17, 15) is 9.18 Å². The van der Waals surface area contributed by atoms with Gasteiger partial charge in [-0.15, -0.1) is 0 Å². The number of nitrogens with two attached hydrogens (primary N) is 1. The number of nitrogens with one attached hydrogen (secondary N) is 1. The number of hydrogen-bond acceptors (Lipinski definition) is 8. The Bertz CT molecular complexity index is 966. The molecular formula is C19H18FN5O3. The number of benzene rings is 2. The topological polar surface area (TPSA) is 112 Å². The monoisotopic (exact) mass is 383 g/mol. The fraction of sp³-hybridized carbons (Fsp3) is 0.158. The summed E-state index contributed by atoms with van der Waals surface area (Å²) in [5.41, 5.74) is 7.26. The van der Waals surface area contributed by atoms with Crippen molar-refractivity contribution >= 4 is 23.6 Å². The van der Waals surface area contributed by atoms with Crippen LogP contribution < -0.4 is 15.8 Å². The van der Waals surface area contributed by atoms with E-state index < -0.39 is 5.97 Å². The average molecular weight is 383 g/mol. The highest BCUT2D eigenvalue weighted by Crippen LogP contribution is 2.15. The molecule has 0 atom stereocenters. The number of ether oxygens (including phenoxy) is 2. The van der Waals surface area contributed by atoms with Crippen molar-refractivity contribution in [1.29, 1.82) is 0 Å². The highest BCUT2D eigenvalue weighted by molar-refractivity contribution is 5.71. The van der Waals surface area contributed by atoms with Gasteiger partial charge in [0.15, 0.2) is 19.0 Å². The molecule has 0 bridgehead atoms. The van der Waals surface area contributed by atoms with Gasteiger partial charge in [0.25, 0.3) is 0 Å². The first-order valence-corrected chi connectivity index (χ1v) is 8.36. The molecule has 0 saturated carbocycles. The molecule has 9 heteroatoms. The normalized spacial score (nSPS) is 10.4. The lowest BCUT2D eigenvalue weighted by Gasteiger charge is -2.09. The van der Waals surface area contributed by atoms with Crippen LogP contribution >= 0.6 is 0 Å². The Labute approximate surface area is 160 Å². The predicted octanol–water partition coefficient (Wildman–Crippen LogP) is 2.77. The lowest BCUT2D eigenvalue weighted by atomic mass is 10.2. The van der Waals surface area contributed by atoms with Crippen LogP contribution in [0.2, 0.25) is 0 Å². The first kappa shape index (κ1) is 19.0. The number of esters is 1. The van der Waals surface area contributed by atoms with Gasteiger partial charge in [0.05, 0.1) is 0 Å². The molecular weight excluding hydrogens is 365 g/mol. The summed E-state index contributed by atoms with van der Waals surface area (Å²) < 4.78 is 23.5. The second kappa shape index (κ2) is 8.76. The molecule has 0 aliphatic heterocycles. The highest BCUT2D eigenvalue weighted by atomic mass is 19.1. The molecule has 8 nitrogen and oxygen atoms in total. The first-order valence-electron chi connectivity index (χ1n) is 8.36. The van der Waals surface area contributed by atoms with Gasteiger partial charge in [-0.2, -0.15) is 15.0 Å². The maximum Gasteiger partial charge on any atom is 0.344 e. The number of rotatable bonds is 7. The van der Waals surface area contributed by atoms with Gasteiger partial charge in [0, 0.05) is 5.69 Å². The molecule has 144 valence electrons. The van der Waals surface area contributed by atoms with E-state index in [-0.39, 0.29) is 36.8 Å². The number of hydrogen-bond donors (Lipinski definition) is 2. The molecule has 0 aliphatic carbocycles. The summed E-state index contributed by atoms with van der Waals surface area (Å²) in [5.74, 6) is -0.0780. The Kier molecular flexibility index (Phi) is 5.95. The zero-order chi connectivity index (χ0) is 19.9. The number of nitrogens with zero attached hydrogens (tertiary/aromatic N) is 3. The van der Waals surface area contributed by atoms with Gasteiger partial charge in [-0.3, -0.25) is 0 Å². The number of carbonyl (C=O) groups excluding carboxylic acids is 1. The summed E-state index contributed by atoms with van der Waals surface area (Å²) in [5, 5.41) is 2.88. The van der Waals surface area contributed by atoms with Crippen LogP contribution in [0.3, 0.4) is 0 Å². The van der Waals surface area contributed by atoms with Crippen LogP contribution in [0.15, 0.2) is 48.5 Å². The quantitative estimate of drug-likeness (QED) is 0.599. The fourth-order valence-electron chi connectivity index (χ4n) is 2.25. The van der Waals surface area contributed by atoms with Gasteiger partial charge in [-0.1, -0.05) is 12.1 Å². The van der Waals surface area contributed by atoms with Gasteiger partial charge in [0.2, 0.25) is 11.9 Å². The van der Waals surface area contributed by atoms with Crippen LogP contribution in [-0.2, 0) is 16.1 Å². The third-order valence-electron chi connectivity index (χ3n) is 3.51. The molecule has 0 fully saturated rings. The summed E-state index contributed by atoms with van der Waals surface area (Å²) in [6.07, 6.45) is 0. The Hall–Kier alpha value is -3.75. The number of anilines is 3. The molecule has 0 saturated heterocycles. The van der Waals surface area contributed by atoms with Crippen LogP contribution in [0.1, 0.15) is 11.4 Å². The van der Waals surface area contributed by atoms with E-state index in [0.29, 0.717) is 11.4 Å². The van der Waals surface area contributed by atoms with Crippen molar-refractivity contribution in [1.82, 2.24) is 15.0 Å². The van der Waals surface area contributed by atoms with Gasteiger partial charge >= 0.3 is 5.97 Å². The van der Waals surface area contributed by atoms with Crippen LogP contribution in [-0.4, -0.2) is 27.5 Å². The minimum atomic E-state index is -0.575. The second-order valence-corrected chi connectivity index (χ2v) is 5.83. The molecule has 0 aliphatic rings. The molecule has 2 aromatic carbocycles. The smallest absolute Gasteiger partial charge is 0.344 e. The van der Waals surface area contributed by atoms with Crippen LogP contribution in [0, 0.1) is 12.7 Å². The predicted molar refractivity (Wildman–Crippen MR) is 100 cm³/mol. The minimum absolute atomic E-state index is 0.0401. The number of aromatic nitrogens is 3. The van der Waals surface area contributed by atoms with Crippen LogP contribution in [0.25, 0.3) is 0 Å². The van der Waals surface area contributed by atoms with Gasteiger partial charge in [-0.05, 0) is 48.9 Å². The van der Waals surface area contributed by atoms with E-state index in [2.05, 4.69) is 20.3 Å². The average Bonchev–Trinajstić information content (AvgIpc) is 2.66. The Morgan fingerprint density at radius 2 is 1.93 bits per heavy atom. The van der Waals surface area contributed by atoms with Crippen molar-refractivity contribution in [3.8, 4) is 5.75 Å². The fourth-order valence-corrected chi connectivity index (χ4v) is 2.25. The van der Waals surface area contributed by atoms with Crippen molar-refractivity contribution in [2.24, 2.45) is 0 Å². The van der Waals surface area contributed by atoms with E-state index in [1.54, 1.807) is 6.07 Å². The molecule has 3 N–H and O–H groups in total. The third-order valence-corrected chi connectivity index (χ3v) is 3.51. The molecule has 3 aromatic rings. The van der Waals surface area contributed by atoms with Crippen molar-refractivity contribution in [2.45, 2.75) is 13.5 Å². The third kappa shape index (κ3) is 5.63. The molecule has 1 heterocycles. The second-order valence-electron chi connectivity index (χ2n) is 5.83. The number of halogens is 1. The molecule has 0 amide bonds. The van der Waals surface area contributed by atoms with Crippen molar-refractivity contribution < 1.29 is 18.7 Å². The molecule has 1 aromatic heterocycles. The zero-order valence-electron chi connectivity index (χ0n) is 15.1. The molecule has 28 heavy (non-hydrogen) atoms. The standard InChI is InChI=1S/C19H18FN5O3/c1-12-3-2-4-15(9-12)27-11-17(26)28-10-16-23-18(21)25-19(24-16)22-14-7-5-13(20)6-8-14/h2-9H,10-11H2,1H3,(H3,21,22,23,24,25). The van der Waals surface area contributed by atoms with Gasteiger partial charge < -0.3 is 20.5 Å². The van der Waals surface area contributed by atoms with E-state index >= 15 is 0 Å². The van der Waals surface area contributed by atoms with Crippen LogP contribution in [0.4, 0.5) is 22.0 Å². The van der Waals surface area contributed by atoms with E-state index in [1.807, 2.05) is 25.1 Å². The van der Waals surface area contributed by atoms with E-state index in [4.69, 9.17) is 15.2 Å². The summed E-state index contributed by atoms with van der Waals surface area (Å²) in [7, 11) is 0. The van der Waals surface area contributed by atoms with Gasteiger partial charge in [-0.25, -0.2) is 9.18 Å². The van der Waals surface area contributed by atoms with E-state index in [0.717, 1.165) is 5.56 Å². The van der Waals surface area contributed by atoms with E-state index in [1.165, 1.54) is 24.3 Å². The minimum Gasteiger partial charge on any atom is -0.482 e. The number of carbonyl (C=O) groups is 1. The molecule has 3 rings (SSSR count). The summed E-state index contributed by atoms with van der Waals surface area (Å²) in [4.78, 5) is 23.9. The maximum atomic E-state index is 13.0.